The fraction of sp³-hybridized carbons (Fsp3) is 0.0690. The van der Waals surface area contributed by atoms with Crippen LogP contribution >= 0.6 is 15.9 Å². The number of anilines is 1. The Hall–Kier alpha value is -4.27. The van der Waals surface area contributed by atoms with Crippen LogP contribution in [0.3, 0.4) is 0 Å². The second-order valence-corrected chi connectivity index (χ2v) is 8.89. The average Bonchev–Trinajstić information content (AvgIpc) is 2.93. The zero-order valence-electron chi connectivity index (χ0n) is 19.7. The standard InChI is InChI=1S/C29H24BrN3O4/c30-25-18-21(16-17-26(25)37-20-27(34)32-24-14-8-3-9-15-24)19-31-33-28(35)29(36,22-10-4-1-5-11-22)23-12-6-2-7-13-23/h1-19,36H,20H2,(H,32,34)(H,33,35)/b31-19+. The van der Waals surface area contributed by atoms with Gasteiger partial charge in [-0.2, -0.15) is 5.10 Å². The molecule has 0 atom stereocenters. The maximum atomic E-state index is 13.1. The van der Waals surface area contributed by atoms with Crippen molar-refractivity contribution in [3.63, 3.8) is 0 Å². The number of ether oxygens (including phenoxy) is 1. The second-order valence-electron chi connectivity index (χ2n) is 8.03. The Morgan fingerprint density at radius 2 is 1.43 bits per heavy atom. The molecule has 0 aliphatic heterocycles. The lowest BCUT2D eigenvalue weighted by Crippen LogP contribution is -2.43. The van der Waals surface area contributed by atoms with Crippen LogP contribution in [-0.2, 0) is 15.2 Å². The predicted molar refractivity (Wildman–Crippen MR) is 146 cm³/mol. The van der Waals surface area contributed by atoms with E-state index in [-0.39, 0.29) is 12.5 Å². The van der Waals surface area contributed by atoms with Gasteiger partial charge in [0.1, 0.15) is 5.75 Å². The molecule has 3 N–H and O–H groups in total. The molecule has 4 rings (SSSR count). The number of amides is 2. The molecule has 4 aromatic rings. The van der Waals surface area contributed by atoms with Gasteiger partial charge in [0.25, 0.3) is 11.8 Å². The van der Waals surface area contributed by atoms with E-state index >= 15 is 0 Å². The van der Waals surface area contributed by atoms with Gasteiger partial charge >= 0.3 is 0 Å². The molecule has 2 amide bonds. The molecule has 0 saturated carbocycles. The summed E-state index contributed by atoms with van der Waals surface area (Å²) in [6, 6.07) is 31.7. The summed E-state index contributed by atoms with van der Waals surface area (Å²) in [6.07, 6.45) is 1.45. The monoisotopic (exact) mass is 557 g/mol. The number of nitrogens with one attached hydrogen (secondary N) is 2. The molecule has 0 aromatic heterocycles. The van der Waals surface area contributed by atoms with Crippen LogP contribution in [0, 0.1) is 0 Å². The number of halogens is 1. The maximum absolute atomic E-state index is 13.1. The van der Waals surface area contributed by atoms with Crippen LogP contribution in [0.2, 0.25) is 0 Å². The minimum atomic E-state index is -1.92. The van der Waals surface area contributed by atoms with Gasteiger partial charge in [0.15, 0.2) is 12.2 Å². The smallest absolute Gasteiger partial charge is 0.281 e. The summed E-state index contributed by atoms with van der Waals surface area (Å²) in [5.74, 6) is -0.493. The Morgan fingerprint density at radius 3 is 2.00 bits per heavy atom. The highest BCUT2D eigenvalue weighted by atomic mass is 79.9. The van der Waals surface area contributed by atoms with Gasteiger partial charge in [-0.1, -0.05) is 78.9 Å². The third-order valence-electron chi connectivity index (χ3n) is 5.46. The molecule has 7 nitrogen and oxygen atoms in total. The largest absolute Gasteiger partial charge is 0.483 e. The number of benzene rings is 4. The fourth-order valence-corrected chi connectivity index (χ4v) is 4.12. The summed E-state index contributed by atoms with van der Waals surface area (Å²) in [6.45, 7) is -0.158. The van der Waals surface area contributed by atoms with Crippen molar-refractivity contribution >= 4 is 39.6 Å². The summed E-state index contributed by atoms with van der Waals surface area (Å²) in [7, 11) is 0. The summed E-state index contributed by atoms with van der Waals surface area (Å²) in [5, 5.41) is 18.3. The molecule has 0 aliphatic rings. The molecule has 37 heavy (non-hydrogen) atoms. The van der Waals surface area contributed by atoms with Gasteiger partial charge in [-0.3, -0.25) is 9.59 Å². The zero-order chi connectivity index (χ0) is 26.1. The molecule has 0 radical (unpaired) electrons. The van der Waals surface area contributed by atoms with E-state index in [1.165, 1.54) is 6.21 Å². The Labute approximate surface area is 222 Å². The van der Waals surface area contributed by atoms with Gasteiger partial charge in [0, 0.05) is 5.69 Å². The van der Waals surface area contributed by atoms with E-state index in [1.54, 1.807) is 78.9 Å². The number of aliphatic hydroxyl groups is 1. The molecule has 0 saturated heterocycles. The minimum Gasteiger partial charge on any atom is -0.483 e. The van der Waals surface area contributed by atoms with Crippen LogP contribution < -0.4 is 15.5 Å². The van der Waals surface area contributed by atoms with Gasteiger partial charge in [-0.25, -0.2) is 5.43 Å². The number of rotatable bonds is 9. The molecule has 8 heteroatoms. The highest BCUT2D eigenvalue weighted by Gasteiger charge is 2.39. The lowest BCUT2D eigenvalue weighted by Gasteiger charge is -2.27. The molecule has 186 valence electrons. The Morgan fingerprint density at radius 1 is 0.865 bits per heavy atom. The number of hydrogen-bond acceptors (Lipinski definition) is 5. The van der Waals surface area contributed by atoms with Gasteiger partial charge in [0.05, 0.1) is 10.7 Å². The first-order valence-corrected chi connectivity index (χ1v) is 12.2. The van der Waals surface area contributed by atoms with Gasteiger partial charge in [-0.05, 0) is 63.0 Å². The highest BCUT2D eigenvalue weighted by Crippen LogP contribution is 2.30. The van der Waals surface area contributed by atoms with E-state index in [0.29, 0.717) is 32.6 Å². The number of carbonyl (C=O) groups is 2. The van der Waals surface area contributed by atoms with Crippen LogP contribution in [0.25, 0.3) is 0 Å². The van der Waals surface area contributed by atoms with Gasteiger partial charge in [0.2, 0.25) is 0 Å². The summed E-state index contributed by atoms with van der Waals surface area (Å²) in [5.41, 5.74) is 2.73. The lowest BCUT2D eigenvalue weighted by molar-refractivity contribution is -0.136. The number of para-hydroxylation sites is 1. The molecule has 0 spiro atoms. The molecule has 0 heterocycles. The third kappa shape index (κ3) is 6.49. The molecular weight excluding hydrogens is 534 g/mol. The van der Waals surface area contributed by atoms with E-state index in [2.05, 4.69) is 31.8 Å². The second kappa shape index (κ2) is 12.1. The molecule has 4 aromatic carbocycles. The summed E-state index contributed by atoms with van der Waals surface area (Å²) < 4.78 is 6.22. The van der Waals surface area contributed by atoms with Crippen LogP contribution in [0.15, 0.2) is 119 Å². The first-order valence-electron chi connectivity index (χ1n) is 11.4. The fourth-order valence-electron chi connectivity index (χ4n) is 3.61. The third-order valence-corrected chi connectivity index (χ3v) is 6.08. The van der Waals surface area contributed by atoms with Crippen molar-refractivity contribution in [2.75, 3.05) is 11.9 Å². The number of carbonyl (C=O) groups excluding carboxylic acids is 2. The Bertz CT molecular complexity index is 1340. The maximum Gasteiger partial charge on any atom is 0.281 e. The molecular formula is C29H24BrN3O4. The first-order chi connectivity index (χ1) is 18.0. The van der Waals surface area contributed by atoms with E-state index < -0.39 is 11.5 Å². The predicted octanol–water partition coefficient (Wildman–Crippen LogP) is 4.85. The van der Waals surface area contributed by atoms with Crippen molar-refractivity contribution < 1.29 is 19.4 Å². The van der Waals surface area contributed by atoms with Crippen molar-refractivity contribution in [2.24, 2.45) is 5.10 Å². The highest BCUT2D eigenvalue weighted by molar-refractivity contribution is 9.10. The van der Waals surface area contributed by atoms with Crippen molar-refractivity contribution in [1.29, 1.82) is 0 Å². The SMILES string of the molecule is O=C(COc1ccc(/C=N/NC(=O)C(O)(c2ccccc2)c2ccccc2)cc1Br)Nc1ccccc1. The summed E-state index contributed by atoms with van der Waals surface area (Å²) in [4.78, 5) is 25.2. The molecule has 0 aliphatic carbocycles. The van der Waals surface area contributed by atoms with Crippen LogP contribution in [0.1, 0.15) is 16.7 Å². The quantitative estimate of drug-likeness (QED) is 0.202. The summed E-state index contributed by atoms with van der Waals surface area (Å²) >= 11 is 3.43. The van der Waals surface area contributed by atoms with Crippen molar-refractivity contribution in [3.05, 3.63) is 130 Å². The number of nitrogens with zero attached hydrogens (tertiary/aromatic N) is 1. The van der Waals surface area contributed by atoms with Crippen LogP contribution in [-0.4, -0.2) is 29.7 Å². The number of hydrazone groups is 1. The normalized spacial score (nSPS) is 11.2. The lowest BCUT2D eigenvalue weighted by atomic mass is 9.85. The van der Waals surface area contributed by atoms with Crippen molar-refractivity contribution in [2.45, 2.75) is 5.60 Å². The Kier molecular flexibility index (Phi) is 8.45. The topological polar surface area (TPSA) is 100 Å². The Balaban J connectivity index is 1.40. The van der Waals surface area contributed by atoms with Crippen LogP contribution in [0.4, 0.5) is 5.69 Å². The molecule has 0 fully saturated rings. The zero-order valence-corrected chi connectivity index (χ0v) is 21.3. The van der Waals surface area contributed by atoms with Gasteiger partial charge < -0.3 is 15.2 Å². The van der Waals surface area contributed by atoms with E-state index in [0.717, 1.165) is 0 Å². The van der Waals surface area contributed by atoms with Gasteiger partial charge in [-0.15, -0.1) is 0 Å². The number of hydrogen-bond donors (Lipinski definition) is 3. The van der Waals surface area contributed by atoms with E-state index in [4.69, 9.17) is 4.74 Å². The van der Waals surface area contributed by atoms with Crippen molar-refractivity contribution in [1.82, 2.24) is 5.43 Å². The molecule has 0 bridgehead atoms. The van der Waals surface area contributed by atoms with E-state index in [9.17, 15) is 14.7 Å². The van der Waals surface area contributed by atoms with E-state index in [1.807, 2.05) is 30.3 Å². The van der Waals surface area contributed by atoms with Crippen LogP contribution in [0.5, 0.6) is 5.75 Å². The average molecular weight is 558 g/mol. The van der Waals surface area contributed by atoms with Crippen molar-refractivity contribution in [3.8, 4) is 5.75 Å². The minimum absolute atomic E-state index is 0.158. The molecule has 0 unspecified atom stereocenters. The first kappa shape index (κ1) is 25.8.